The Balaban J connectivity index is 1.42. The molecule has 29 heavy (non-hydrogen) atoms. The van der Waals surface area contributed by atoms with E-state index >= 15 is 0 Å². The van der Waals surface area contributed by atoms with Crippen LogP contribution >= 0.6 is 22.9 Å². The smallest absolute Gasteiger partial charge is 0.254 e. The van der Waals surface area contributed by atoms with Crippen molar-refractivity contribution < 1.29 is 14.4 Å². The van der Waals surface area contributed by atoms with Gasteiger partial charge in [0.2, 0.25) is 11.8 Å². The molecule has 1 atom stereocenters. The molecule has 1 aliphatic heterocycles. The summed E-state index contributed by atoms with van der Waals surface area (Å²) in [5, 5.41) is 10.8. The van der Waals surface area contributed by atoms with Crippen LogP contribution in [0.2, 0.25) is 5.02 Å². The van der Waals surface area contributed by atoms with Gasteiger partial charge in [-0.3, -0.25) is 14.4 Å². The SMILES string of the molecule is O=C(C[C@H]1NC(=O)c2ccccc2NC1=O)Nc1nc(-c2ccc(Cl)cc2)cs1. The Bertz CT molecular complexity index is 1100. The highest BCUT2D eigenvalue weighted by molar-refractivity contribution is 7.14. The van der Waals surface area contributed by atoms with Crippen LogP contribution in [-0.2, 0) is 9.59 Å². The normalized spacial score (nSPS) is 15.7. The zero-order valence-corrected chi connectivity index (χ0v) is 16.5. The quantitative estimate of drug-likeness (QED) is 0.594. The molecule has 0 unspecified atom stereocenters. The summed E-state index contributed by atoms with van der Waals surface area (Å²) >= 11 is 7.16. The van der Waals surface area contributed by atoms with Crippen molar-refractivity contribution in [1.29, 1.82) is 0 Å². The average Bonchev–Trinajstić information content (AvgIpc) is 3.12. The molecule has 7 nitrogen and oxygen atoms in total. The lowest BCUT2D eigenvalue weighted by molar-refractivity contribution is -0.122. The maximum absolute atomic E-state index is 12.4. The third-order valence-corrected chi connectivity index (χ3v) is 5.34. The van der Waals surface area contributed by atoms with Crippen molar-refractivity contribution in [2.45, 2.75) is 12.5 Å². The van der Waals surface area contributed by atoms with Crippen LogP contribution in [0.25, 0.3) is 11.3 Å². The van der Waals surface area contributed by atoms with Crippen LogP contribution in [0.3, 0.4) is 0 Å². The van der Waals surface area contributed by atoms with Crippen LogP contribution < -0.4 is 16.0 Å². The number of rotatable bonds is 4. The van der Waals surface area contributed by atoms with Gasteiger partial charge in [-0.2, -0.15) is 0 Å². The number of benzene rings is 2. The number of thiazole rings is 1. The number of para-hydroxylation sites is 1. The zero-order chi connectivity index (χ0) is 20.4. The fraction of sp³-hybridized carbons (Fsp3) is 0.100. The summed E-state index contributed by atoms with van der Waals surface area (Å²) in [6.45, 7) is 0. The lowest BCUT2D eigenvalue weighted by Crippen LogP contribution is -2.43. The predicted octanol–water partition coefficient (Wildman–Crippen LogP) is 3.54. The van der Waals surface area contributed by atoms with E-state index in [0.717, 1.165) is 5.56 Å². The van der Waals surface area contributed by atoms with Crippen molar-refractivity contribution in [1.82, 2.24) is 10.3 Å². The third kappa shape index (κ3) is 4.28. The molecule has 3 aromatic rings. The van der Waals surface area contributed by atoms with E-state index in [1.807, 2.05) is 17.5 Å². The number of carbonyl (C=O) groups is 3. The minimum absolute atomic E-state index is 0.207. The lowest BCUT2D eigenvalue weighted by atomic mass is 10.1. The highest BCUT2D eigenvalue weighted by atomic mass is 35.5. The number of nitrogens with zero attached hydrogens (tertiary/aromatic N) is 1. The van der Waals surface area contributed by atoms with Gasteiger partial charge in [0.1, 0.15) is 6.04 Å². The fourth-order valence-electron chi connectivity index (χ4n) is 2.90. The minimum Gasteiger partial charge on any atom is -0.340 e. The summed E-state index contributed by atoms with van der Waals surface area (Å²) in [7, 11) is 0. The number of halogens is 1. The van der Waals surface area contributed by atoms with Crippen molar-refractivity contribution in [3.05, 3.63) is 64.5 Å². The fourth-order valence-corrected chi connectivity index (χ4v) is 3.76. The summed E-state index contributed by atoms with van der Waals surface area (Å²) in [5.74, 6) is -1.27. The Morgan fingerprint density at radius 1 is 1.14 bits per heavy atom. The molecule has 146 valence electrons. The van der Waals surface area contributed by atoms with Crippen LogP contribution in [0.15, 0.2) is 53.9 Å². The highest BCUT2D eigenvalue weighted by Gasteiger charge is 2.29. The van der Waals surface area contributed by atoms with Gasteiger partial charge >= 0.3 is 0 Å². The first-order chi connectivity index (χ1) is 14.0. The second kappa shape index (κ2) is 8.02. The van der Waals surface area contributed by atoms with Crippen molar-refractivity contribution in [2.24, 2.45) is 0 Å². The average molecular weight is 427 g/mol. The number of hydrogen-bond acceptors (Lipinski definition) is 5. The molecular formula is C20H15ClN4O3S. The topological polar surface area (TPSA) is 100 Å². The van der Waals surface area contributed by atoms with E-state index in [1.165, 1.54) is 11.3 Å². The molecular weight excluding hydrogens is 412 g/mol. The first kappa shape index (κ1) is 19.1. The van der Waals surface area contributed by atoms with Gasteiger partial charge in [-0.1, -0.05) is 35.9 Å². The number of amides is 3. The van der Waals surface area contributed by atoms with E-state index in [2.05, 4.69) is 20.9 Å². The molecule has 9 heteroatoms. The Labute approximate surface area is 175 Å². The summed E-state index contributed by atoms with van der Waals surface area (Å²) in [6, 6.07) is 12.9. The van der Waals surface area contributed by atoms with Gasteiger partial charge in [-0.25, -0.2) is 4.98 Å². The van der Waals surface area contributed by atoms with Crippen molar-refractivity contribution in [3.8, 4) is 11.3 Å². The first-order valence-corrected chi connectivity index (χ1v) is 9.97. The molecule has 0 saturated heterocycles. The minimum atomic E-state index is -0.981. The van der Waals surface area contributed by atoms with E-state index in [0.29, 0.717) is 27.1 Å². The number of carbonyl (C=O) groups excluding carboxylic acids is 3. The molecule has 3 amide bonds. The van der Waals surface area contributed by atoms with E-state index in [-0.39, 0.29) is 6.42 Å². The highest BCUT2D eigenvalue weighted by Crippen LogP contribution is 2.26. The van der Waals surface area contributed by atoms with Gasteiger partial charge in [0.25, 0.3) is 5.91 Å². The maximum Gasteiger partial charge on any atom is 0.254 e. The predicted molar refractivity (Wildman–Crippen MR) is 112 cm³/mol. The number of fused-ring (bicyclic) bond motifs is 1. The van der Waals surface area contributed by atoms with Gasteiger partial charge in [-0.05, 0) is 24.3 Å². The lowest BCUT2D eigenvalue weighted by Gasteiger charge is -2.13. The van der Waals surface area contributed by atoms with Crippen LogP contribution in [0.5, 0.6) is 0 Å². The van der Waals surface area contributed by atoms with E-state index in [1.54, 1.807) is 36.4 Å². The Morgan fingerprint density at radius 2 is 1.90 bits per heavy atom. The monoisotopic (exact) mass is 426 g/mol. The number of anilines is 2. The second-order valence-corrected chi connectivity index (χ2v) is 7.65. The number of hydrogen-bond donors (Lipinski definition) is 3. The summed E-state index contributed by atoms with van der Waals surface area (Å²) in [5.41, 5.74) is 2.36. The summed E-state index contributed by atoms with van der Waals surface area (Å²) in [6.07, 6.45) is -0.207. The van der Waals surface area contributed by atoms with Crippen LogP contribution in [0.4, 0.5) is 10.8 Å². The molecule has 1 aromatic heterocycles. The van der Waals surface area contributed by atoms with Crippen LogP contribution in [0.1, 0.15) is 16.8 Å². The van der Waals surface area contributed by atoms with Crippen LogP contribution in [-0.4, -0.2) is 28.7 Å². The molecule has 0 saturated carbocycles. The summed E-state index contributed by atoms with van der Waals surface area (Å²) < 4.78 is 0. The largest absolute Gasteiger partial charge is 0.340 e. The summed E-state index contributed by atoms with van der Waals surface area (Å²) in [4.78, 5) is 41.5. The van der Waals surface area contributed by atoms with E-state index < -0.39 is 23.8 Å². The zero-order valence-electron chi connectivity index (χ0n) is 14.9. The molecule has 1 aliphatic rings. The van der Waals surface area contributed by atoms with Crippen molar-refractivity contribution >= 4 is 51.5 Å². The second-order valence-electron chi connectivity index (χ2n) is 6.36. The van der Waals surface area contributed by atoms with Crippen LogP contribution in [0, 0.1) is 0 Å². The van der Waals surface area contributed by atoms with Gasteiger partial charge in [-0.15, -0.1) is 11.3 Å². The molecule has 0 bridgehead atoms. The molecule has 0 fully saturated rings. The number of nitrogens with one attached hydrogen (secondary N) is 3. The first-order valence-electron chi connectivity index (χ1n) is 8.71. The maximum atomic E-state index is 12.4. The molecule has 0 aliphatic carbocycles. The molecule has 2 heterocycles. The molecule has 0 radical (unpaired) electrons. The van der Waals surface area contributed by atoms with Gasteiger partial charge in [0, 0.05) is 16.0 Å². The van der Waals surface area contributed by atoms with Gasteiger partial charge in [0.05, 0.1) is 23.4 Å². The Kier molecular flexibility index (Phi) is 5.28. The number of aromatic nitrogens is 1. The van der Waals surface area contributed by atoms with Crippen molar-refractivity contribution in [3.63, 3.8) is 0 Å². The van der Waals surface area contributed by atoms with Gasteiger partial charge in [0.15, 0.2) is 5.13 Å². The molecule has 3 N–H and O–H groups in total. The molecule has 0 spiro atoms. The van der Waals surface area contributed by atoms with E-state index in [9.17, 15) is 14.4 Å². The van der Waals surface area contributed by atoms with E-state index in [4.69, 9.17) is 11.6 Å². The molecule has 4 rings (SSSR count). The third-order valence-electron chi connectivity index (χ3n) is 4.33. The molecule has 2 aromatic carbocycles. The van der Waals surface area contributed by atoms with Crippen molar-refractivity contribution in [2.75, 3.05) is 10.6 Å². The Morgan fingerprint density at radius 3 is 2.69 bits per heavy atom. The van der Waals surface area contributed by atoms with Gasteiger partial charge < -0.3 is 16.0 Å². The standard InChI is InChI=1S/C20H15ClN4O3S/c21-12-7-5-11(6-8-12)16-10-29-20(24-16)25-17(26)9-15-19(28)22-14-4-2-1-3-13(14)18(27)23-15/h1-8,10,15H,9H2,(H,22,28)(H,23,27)(H,24,25,26)/t15-/m1/s1. The Hall–Kier alpha value is -3.23.